The van der Waals surface area contributed by atoms with Gasteiger partial charge in [0.2, 0.25) is 0 Å². The van der Waals surface area contributed by atoms with Crippen molar-refractivity contribution in [2.75, 3.05) is 20.2 Å². The summed E-state index contributed by atoms with van der Waals surface area (Å²) in [6, 6.07) is 8.16. The number of hydrogen-bond donors (Lipinski definition) is 1. The van der Waals surface area contributed by atoms with Crippen molar-refractivity contribution in [2.45, 2.75) is 39.7 Å². The van der Waals surface area contributed by atoms with Crippen LogP contribution in [0.5, 0.6) is 0 Å². The van der Waals surface area contributed by atoms with E-state index < -0.39 is 0 Å². The van der Waals surface area contributed by atoms with Crippen LogP contribution in [-0.2, 0) is 11.2 Å². The Labute approximate surface area is 128 Å². The van der Waals surface area contributed by atoms with Gasteiger partial charge in [-0.25, -0.2) is 0 Å². The Morgan fingerprint density at radius 1 is 1.20 bits per heavy atom. The van der Waals surface area contributed by atoms with Gasteiger partial charge in [-0.3, -0.25) is 0 Å². The predicted octanol–water partition coefficient (Wildman–Crippen LogP) is 4.17. The van der Waals surface area contributed by atoms with Crippen molar-refractivity contribution in [1.82, 2.24) is 5.32 Å². The second kappa shape index (κ2) is 9.38. The molecule has 0 aliphatic rings. The highest BCUT2D eigenvalue weighted by Gasteiger charge is 2.14. The van der Waals surface area contributed by atoms with Crippen LogP contribution >= 0.6 is 11.6 Å². The third-order valence-electron chi connectivity index (χ3n) is 3.47. The van der Waals surface area contributed by atoms with E-state index in [1.165, 1.54) is 5.56 Å². The van der Waals surface area contributed by atoms with E-state index in [2.05, 4.69) is 38.2 Å². The van der Waals surface area contributed by atoms with Crippen LogP contribution in [0.4, 0.5) is 0 Å². The Morgan fingerprint density at radius 2 is 1.95 bits per heavy atom. The number of hydrogen-bond acceptors (Lipinski definition) is 2. The van der Waals surface area contributed by atoms with Gasteiger partial charge in [0.25, 0.3) is 0 Å². The van der Waals surface area contributed by atoms with E-state index in [4.69, 9.17) is 16.3 Å². The highest BCUT2D eigenvalue weighted by molar-refractivity contribution is 6.30. The molecule has 1 aromatic rings. The molecule has 114 valence electrons. The average molecular weight is 298 g/mol. The molecule has 0 aromatic heterocycles. The number of benzene rings is 1. The Hall–Kier alpha value is -0.570. The largest absolute Gasteiger partial charge is 0.382 e. The topological polar surface area (TPSA) is 21.3 Å². The minimum atomic E-state index is 0.292. The van der Waals surface area contributed by atoms with Gasteiger partial charge >= 0.3 is 0 Å². The zero-order valence-corrected chi connectivity index (χ0v) is 13.9. The summed E-state index contributed by atoms with van der Waals surface area (Å²) in [6.45, 7) is 8.69. The quantitative estimate of drug-likeness (QED) is 0.738. The molecule has 1 N–H and O–H groups in total. The van der Waals surface area contributed by atoms with Gasteiger partial charge < -0.3 is 10.1 Å². The van der Waals surface area contributed by atoms with Crippen LogP contribution in [-0.4, -0.2) is 26.3 Å². The fraction of sp³-hybridized carbons (Fsp3) is 0.647. The van der Waals surface area contributed by atoms with Gasteiger partial charge in [0.05, 0.1) is 6.10 Å². The number of ether oxygens (including phenoxy) is 1. The molecule has 2 atom stereocenters. The second-order valence-corrected chi connectivity index (χ2v) is 6.47. The molecule has 2 nitrogen and oxygen atoms in total. The van der Waals surface area contributed by atoms with E-state index >= 15 is 0 Å². The molecule has 0 saturated heterocycles. The van der Waals surface area contributed by atoms with Crippen LogP contribution in [0.25, 0.3) is 0 Å². The van der Waals surface area contributed by atoms with Gasteiger partial charge in [-0.15, -0.1) is 0 Å². The molecule has 0 bridgehead atoms. The minimum Gasteiger partial charge on any atom is -0.382 e. The first-order valence-electron chi connectivity index (χ1n) is 7.49. The summed E-state index contributed by atoms with van der Waals surface area (Å²) in [4.78, 5) is 0. The Kier molecular flexibility index (Phi) is 8.20. The van der Waals surface area contributed by atoms with E-state index in [1.54, 1.807) is 7.11 Å². The molecule has 0 aliphatic carbocycles. The van der Waals surface area contributed by atoms with Crippen molar-refractivity contribution in [3.8, 4) is 0 Å². The van der Waals surface area contributed by atoms with E-state index in [1.807, 2.05) is 12.1 Å². The maximum atomic E-state index is 6.07. The van der Waals surface area contributed by atoms with Crippen molar-refractivity contribution in [3.05, 3.63) is 34.9 Å². The SMILES string of the molecule is COC(C)CC(CNCC(C)C)Cc1cccc(Cl)c1. The first kappa shape index (κ1) is 17.5. The lowest BCUT2D eigenvalue weighted by atomic mass is 9.93. The lowest BCUT2D eigenvalue weighted by Gasteiger charge is -2.21. The van der Waals surface area contributed by atoms with Crippen LogP contribution in [0.1, 0.15) is 32.8 Å². The molecular formula is C17H28ClNO. The second-order valence-electron chi connectivity index (χ2n) is 6.03. The van der Waals surface area contributed by atoms with Gasteiger partial charge in [-0.05, 0) is 62.4 Å². The molecular weight excluding hydrogens is 270 g/mol. The average Bonchev–Trinajstić information content (AvgIpc) is 2.38. The molecule has 0 spiro atoms. The number of halogens is 1. The van der Waals surface area contributed by atoms with Crippen molar-refractivity contribution in [2.24, 2.45) is 11.8 Å². The monoisotopic (exact) mass is 297 g/mol. The molecule has 3 heteroatoms. The Balaban J connectivity index is 2.56. The fourth-order valence-corrected chi connectivity index (χ4v) is 2.59. The number of nitrogens with one attached hydrogen (secondary N) is 1. The fourth-order valence-electron chi connectivity index (χ4n) is 2.38. The van der Waals surface area contributed by atoms with Crippen LogP contribution in [0.15, 0.2) is 24.3 Å². The molecule has 0 fully saturated rings. The van der Waals surface area contributed by atoms with Crippen molar-refractivity contribution in [3.63, 3.8) is 0 Å². The van der Waals surface area contributed by atoms with E-state index in [0.717, 1.165) is 31.0 Å². The molecule has 20 heavy (non-hydrogen) atoms. The van der Waals surface area contributed by atoms with Crippen LogP contribution < -0.4 is 5.32 Å². The molecule has 0 aliphatic heterocycles. The summed E-state index contributed by atoms with van der Waals surface area (Å²) in [5.41, 5.74) is 1.30. The van der Waals surface area contributed by atoms with Gasteiger partial charge in [0.15, 0.2) is 0 Å². The molecule has 0 heterocycles. The highest BCUT2D eigenvalue weighted by Crippen LogP contribution is 2.18. The smallest absolute Gasteiger partial charge is 0.0546 e. The summed E-state index contributed by atoms with van der Waals surface area (Å²) in [5.74, 6) is 1.25. The maximum absolute atomic E-state index is 6.07. The molecule has 0 saturated carbocycles. The van der Waals surface area contributed by atoms with Crippen molar-refractivity contribution in [1.29, 1.82) is 0 Å². The normalized spacial score (nSPS) is 14.5. The van der Waals surface area contributed by atoms with E-state index in [0.29, 0.717) is 17.9 Å². The summed E-state index contributed by atoms with van der Waals surface area (Å²) in [5, 5.41) is 4.38. The summed E-state index contributed by atoms with van der Waals surface area (Å²) in [6.07, 6.45) is 2.40. The Bertz CT molecular complexity index is 381. The first-order valence-corrected chi connectivity index (χ1v) is 7.87. The molecule has 1 rings (SSSR count). The zero-order valence-electron chi connectivity index (χ0n) is 13.2. The van der Waals surface area contributed by atoms with Crippen LogP contribution in [0.2, 0.25) is 5.02 Å². The molecule has 2 unspecified atom stereocenters. The highest BCUT2D eigenvalue weighted by atomic mass is 35.5. The van der Waals surface area contributed by atoms with Gasteiger partial charge in [0, 0.05) is 12.1 Å². The standard InChI is InChI=1S/C17H28ClNO/c1-13(2)11-19-12-16(8-14(3)20-4)9-15-6-5-7-17(18)10-15/h5-7,10,13-14,16,19H,8-9,11-12H2,1-4H3. The van der Waals surface area contributed by atoms with E-state index in [9.17, 15) is 0 Å². The third-order valence-corrected chi connectivity index (χ3v) is 3.70. The summed E-state index contributed by atoms with van der Waals surface area (Å²) < 4.78 is 5.42. The maximum Gasteiger partial charge on any atom is 0.0546 e. The molecule has 0 amide bonds. The van der Waals surface area contributed by atoms with Crippen LogP contribution in [0.3, 0.4) is 0 Å². The van der Waals surface area contributed by atoms with Crippen molar-refractivity contribution >= 4 is 11.6 Å². The van der Waals surface area contributed by atoms with Crippen molar-refractivity contribution < 1.29 is 4.74 Å². The Morgan fingerprint density at radius 3 is 2.55 bits per heavy atom. The van der Waals surface area contributed by atoms with E-state index in [-0.39, 0.29) is 0 Å². The van der Waals surface area contributed by atoms with Gasteiger partial charge in [-0.2, -0.15) is 0 Å². The number of rotatable bonds is 9. The predicted molar refractivity (Wildman–Crippen MR) is 87.4 cm³/mol. The van der Waals surface area contributed by atoms with Gasteiger partial charge in [0.1, 0.15) is 0 Å². The lowest BCUT2D eigenvalue weighted by molar-refractivity contribution is 0.0945. The van der Waals surface area contributed by atoms with Gasteiger partial charge in [-0.1, -0.05) is 37.6 Å². The minimum absolute atomic E-state index is 0.292. The number of methoxy groups -OCH3 is 1. The third kappa shape index (κ3) is 7.28. The molecule has 0 radical (unpaired) electrons. The lowest BCUT2D eigenvalue weighted by Crippen LogP contribution is -2.29. The zero-order chi connectivity index (χ0) is 15.0. The van der Waals surface area contributed by atoms with Crippen LogP contribution in [0, 0.1) is 11.8 Å². The summed E-state index contributed by atoms with van der Waals surface area (Å²) >= 11 is 6.07. The summed E-state index contributed by atoms with van der Waals surface area (Å²) in [7, 11) is 1.78. The molecule has 1 aromatic carbocycles. The first-order chi connectivity index (χ1) is 9.51.